The van der Waals surface area contributed by atoms with Gasteiger partial charge in [-0.2, -0.15) is 0 Å². The second-order valence-electron chi connectivity index (χ2n) is 4.10. The van der Waals surface area contributed by atoms with E-state index in [4.69, 9.17) is 9.47 Å². The molecule has 2 aliphatic heterocycles. The first-order chi connectivity index (χ1) is 8.15. The Balaban J connectivity index is 2.03. The van der Waals surface area contributed by atoms with Gasteiger partial charge in [-0.15, -0.1) is 0 Å². The minimum atomic E-state index is -0.803. The van der Waals surface area contributed by atoms with E-state index in [1.54, 1.807) is 0 Å². The summed E-state index contributed by atoms with van der Waals surface area (Å²) >= 11 is 0. The molecule has 2 fully saturated rings. The van der Waals surface area contributed by atoms with E-state index in [1.807, 2.05) is 0 Å². The van der Waals surface area contributed by atoms with Crippen LogP contribution in [-0.4, -0.2) is 34.6 Å². The van der Waals surface area contributed by atoms with E-state index < -0.39 is 17.9 Å². The number of aromatic amines is 1. The third kappa shape index (κ3) is 1.63. The standard InChI is InChI=1S/C10H10N2O5/c13-6-3-5(7-4-16-10(6)17-7)12-9(15)2-1-8(14)11-12/h1-2,5,7,10H,3-4H2,(H,11,14). The minimum absolute atomic E-state index is 0.134. The Morgan fingerprint density at radius 1 is 1.29 bits per heavy atom. The molecule has 1 aromatic rings. The maximum absolute atomic E-state index is 11.6. The predicted octanol–water partition coefficient (Wildman–Crippen LogP) is -1.21. The third-order valence-electron chi connectivity index (χ3n) is 2.99. The summed E-state index contributed by atoms with van der Waals surface area (Å²) in [6.07, 6.45) is -1.04. The second kappa shape index (κ2) is 3.64. The Morgan fingerprint density at radius 2 is 2.12 bits per heavy atom. The van der Waals surface area contributed by atoms with Crippen molar-refractivity contribution < 1.29 is 14.3 Å². The number of H-pyrrole nitrogens is 1. The first kappa shape index (κ1) is 10.4. The molecule has 7 heteroatoms. The van der Waals surface area contributed by atoms with E-state index in [0.29, 0.717) is 0 Å². The number of hydrogen-bond donors (Lipinski definition) is 1. The number of ketones is 1. The average Bonchev–Trinajstić information content (AvgIpc) is 2.73. The largest absolute Gasteiger partial charge is 0.343 e. The van der Waals surface area contributed by atoms with Crippen molar-refractivity contribution >= 4 is 5.78 Å². The summed E-state index contributed by atoms with van der Waals surface area (Å²) in [6, 6.07) is 1.83. The van der Waals surface area contributed by atoms with Crippen molar-refractivity contribution in [2.45, 2.75) is 24.9 Å². The Hall–Kier alpha value is -1.73. The number of ether oxygens (including phenoxy) is 2. The summed E-state index contributed by atoms with van der Waals surface area (Å²) < 4.78 is 11.6. The van der Waals surface area contributed by atoms with Gasteiger partial charge in [-0.05, 0) is 0 Å². The van der Waals surface area contributed by atoms with Gasteiger partial charge in [0.1, 0.15) is 6.10 Å². The molecule has 0 saturated carbocycles. The fraction of sp³-hybridized carbons (Fsp3) is 0.500. The van der Waals surface area contributed by atoms with Crippen molar-refractivity contribution in [3.8, 4) is 0 Å². The fourth-order valence-corrected chi connectivity index (χ4v) is 2.17. The summed E-state index contributed by atoms with van der Waals surface area (Å²) in [4.78, 5) is 34.4. The van der Waals surface area contributed by atoms with Gasteiger partial charge in [0, 0.05) is 18.6 Å². The molecular weight excluding hydrogens is 228 g/mol. The molecule has 1 N–H and O–H groups in total. The first-order valence-corrected chi connectivity index (χ1v) is 5.27. The Morgan fingerprint density at radius 3 is 2.94 bits per heavy atom. The molecule has 3 unspecified atom stereocenters. The van der Waals surface area contributed by atoms with Gasteiger partial charge < -0.3 is 9.47 Å². The Kier molecular flexibility index (Phi) is 2.23. The van der Waals surface area contributed by atoms with Gasteiger partial charge in [-0.25, -0.2) is 4.68 Å². The predicted molar refractivity (Wildman–Crippen MR) is 54.6 cm³/mol. The van der Waals surface area contributed by atoms with E-state index in [1.165, 1.54) is 6.07 Å². The fourth-order valence-electron chi connectivity index (χ4n) is 2.17. The lowest BCUT2D eigenvalue weighted by Gasteiger charge is -2.27. The number of aromatic nitrogens is 2. The molecule has 3 heterocycles. The number of carbonyl (C=O) groups excluding carboxylic acids is 1. The second-order valence-corrected chi connectivity index (χ2v) is 4.10. The van der Waals surface area contributed by atoms with Crippen LogP contribution >= 0.6 is 0 Å². The molecule has 0 aromatic carbocycles. The molecule has 2 bridgehead atoms. The lowest BCUT2D eigenvalue weighted by atomic mass is 10.0. The molecule has 0 spiro atoms. The minimum Gasteiger partial charge on any atom is -0.343 e. The van der Waals surface area contributed by atoms with E-state index >= 15 is 0 Å². The van der Waals surface area contributed by atoms with Crippen LogP contribution in [0.5, 0.6) is 0 Å². The van der Waals surface area contributed by atoms with Gasteiger partial charge in [0.15, 0.2) is 5.78 Å². The molecule has 17 heavy (non-hydrogen) atoms. The van der Waals surface area contributed by atoms with Crippen molar-refractivity contribution in [3.63, 3.8) is 0 Å². The zero-order chi connectivity index (χ0) is 12.0. The van der Waals surface area contributed by atoms with Crippen molar-refractivity contribution in [3.05, 3.63) is 32.8 Å². The highest BCUT2D eigenvalue weighted by Gasteiger charge is 2.44. The molecule has 0 radical (unpaired) electrons. The average molecular weight is 238 g/mol. The van der Waals surface area contributed by atoms with Gasteiger partial charge >= 0.3 is 0 Å². The van der Waals surface area contributed by atoms with Crippen LogP contribution in [0.25, 0.3) is 0 Å². The molecular formula is C10H10N2O5. The zero-order valence-corrected chi connectivity index (χ0v) is 8.79. The topological polar surface area (TPSA) is 90.4 Å². The smallest absolute Gasteiger partial charge is 0.265 e. The maximum Gasteiger partial charge on any atom is 0.265 e. The third-order valence-corrected chi connectivity index (χ3v) is 2.99. The molecule has 1 aromatic heterocycles. The normalized spacial score (nSPS) is 31.8. The van der Waals surface area contributed by atoms with Crippen molar-refractivity contribution in [2.75, 3.05) is 6.61 Å². The monoisotopic (exact) mass is 238 g/mol. The van der Waals surface area contributed by atoms with Crippen molar-refractivity contribution in [2.24, 2.45) is 0 Å². The van der Waals surface area contributed by atoms with Crippen LogP contribution in [0.4, 0.5) is 0 Å². The van der Waals surface area contributed by atoms with Gasteiger partial charge in [-0.3, -0.25) is 19.5 Å². The van der Waals surface area contributed by atoms with Crippen LogP contribution in [0.1, 0.15) is 12.5 Å². The number of rotatable bonds is 1. The number of nitrogens with one attached hydrogen (secondary N) is 1. The molecule has 3 atom stereocenters. The van der Waals surface area contributed by atoms with Crippen LogP contribution in [-0.2, 0) is 14.3 Å². The zero-order valence-electron chi connectivity index (χ0n) is 8.79. The Labute approximate surface area is 94.9 Å². The van der Waals surface area contributed by atoms with Crippen molar-refractivity contribution in [1.82, 2.24) is 9.78 Å². The number of fused-ring (bicyclic) bond motifs is 2. The SMILES string of the molecule is O=C1CC(n2[nH]c(=O)ccc2=O)C2COC1O2. The number of hydrogen-bond acceptors (Lipinski definition) is 5. The van der Waals surface area contributed by atoms with Gasteiger partial charge in [0.25, 0.3) is 11.1 Å². The van der Waals surface area contributed by atoms with Crippen LogP contribution in [0, 0.1) is 0 Å². The number of nitrogens with zero attached hydrogens (tertiary/aromatic N) is 1. The van der Waals surface area contributed by atoms with E-state index in [0.717, 1.165) is 10.7 Å². The molecule has 2 aliphatic rings. The molecule has 7 nitrogen and oxygen atoms in total. The Bertz CT molecular complexity index is 575. The molecule has 90 valence electrons. The maximum atomic E-state index is 11.6. The highest BCUT2D eigenvalue weighted by molar-refractivity contribution is 5.83. The molecule has 0 amide bonds. The van der Waals surface area contributed by atoms with Gasteiger partial charge in [0.05, 0.1) is 12.6 Å². The molecule has 3 rings (SSSR count). The van der Waals surface area contributed by atoms with Crippen LogP contribution in [0.15, 0.2) is 21.7 Å². The van der Waals surface area contributed by atoms with E-state index in [2.05, 4.69) is 5.10 Å². The van der Waals surface area contributed by atoms with E-state index in [-0.39, 0.29) is 30.5 Å². The quantitative estimate of drug-likeness (QED) is 0.663. The molecule has 0 aliphatic carbocycles. The lowest BCUT2D eigenvalue weighted by Crippen LogP contribution is -2.43. The highest BCUT2D eigenvalue weighted by Crippen LogP contribution is 2.31. The first-order valence-electron chi connectivity index (χ1n) is 5.27. The van der Waals surface area contributed by atoms with Crippen LogP contribution < -0.4 is 11.1 Å². The lowest BCUT2D eigenvalue weighted by molar-refractivity contribution is -0.156. The van der Waals surface area contributed by atoms with E-state index in [9.17, 15) is 14.4 Å². The summed E-state index contributed by atoms with van der Waals surface area (Å²) in [5, 5.41) is 2.41. The van der Waals surface area contributed by atoms with Crippen molar-refractivity contribution in [1.29, 1.82) is 0 Å². The van der Waals surface area contributed by atoms with Crippen LogP contribution in [0.2, 0.25) is 0 Å². The highest BCUT2D eigenvalue weighted by atomic mass is 16.7. The summed E-state index contributed by atoms with van der Waals surface area (Å²) in [6.45, 7) is 0.254. The number of carbonyl (C=O) groups is 1. The van der Waals surface area contributed by atoms with Gasteiger partial charge in [0.2, 0.25) is 6.29 Å². The summed E-state index contributed by atoms with van der Waals surface area (Å²) in [5.74, 6) is -0.208. The summed E-state index contributed by atoms with van der Waals surface area (Å²) in [5.41, 5.74) is -0.755. The van der Waals surface area contributed by atoms with Crippen LogP contribution in [0.3, 0.4) is 0 Å². The van der Waals surface area contributed by atoms with Gasteiger partial charge in [-0.1, -0.05) is 0 Å². The molecule has 2 saturated heterocycles. The number of Topliss-reactive ketones (excluding diaryl/α,β-unsaturated/α-hetero) is 1. The summed E-state index contributed by atoms with van der Waals surface area (Å²) in [7, 11) is 0.